The van der Waals surface area contributed by atoms with E-state index in [1.165, 1.54) is 19.3 Å². The van der Waals surface area contributed by atoms with Crippen LogP contribution in [0.25, 0.3) is 0 Å². The fourth-order valence-corrected chi connectivity index (χ4v) is 3.25. The van der Waals surface area contributed by atoms with Gasteiger partial charge in [0, 0.05) is 13.1 Å². The molecule has 3 unspecified atom stereocenters. The van der Waals surface area contributed by atoms with Crippen molar-refractivity contribution in [3.63, 3.8) is 0 Å². The largest absolute Gasteiger partial charge is 0.341 e. The highest BCUT2D eigenvalue weighted by Crippen LogP contribution is 2.27. The Kier molecular flexibility index (Phi) is 5.18. The second-order valence-electron chi connectivity index (χ2n) is 6.07. The second-order valence-corrected chi connectivity index (χ2v) is 6.07. The average molecular weight is 274 g/mol. The second kappa shape index (κ2) is 6.89. The summed E-state index contributed by atoms with van der Waals surface area (Å²) in [4.78, 5) is 14.4. The Balaban J connectivity index is 1.95. The summed E-state index contributed by atoms with van der Waals surface area (Å²) in [5.74, 6) is 0.661. The van der Waals surface area contributed by atoms with Crippen molar-refractivity contribution in [3.8, 4) is 0 Å². The molecule has 2 N–H and O–H groups in total. The van der Waals surface area contributed by atoms with Crippen LogP contribution in [0.3, 0.4) is 0 Å². The maximum Gasteiger partial charge on any atom is 0.239 e. The van der Waals surface area contributed by atoms with E-state index in [4.69, 9.17) is 5.73 Å². The van der Waals surface area contributed by atoms with Gasteiger partial charge in [-0.3, -0.25) is 4.79 Å². The van der Waals surface area contributed by atoms with Gasteiger partial charge in [0.1, 0.15) is 0 Å². The first-order valence-electron chi connectivity index (χ1n) is 7.65. The minimum absolute atomic E-state index is 0.0765. The van der Waals surface area contributed by atoms with Crippen molar-refractivity contribution in [1.82, 2.24) is 4.90 Å². The van der Waals surface area contributed by atoms with Gasteiger partial charge < -0.3 is 10.6 Å². The lowest BCUT2D eigenvalue weighted by molar-refractivity contribution is -0.135. The molecule has 3 nitrogen and oxygen atoms in total. The zero-order chi connectivity index (χ0) is 14.5. The van der Waals surface area contributed by atoms with Gasteiger partial charge in [-0.25, -0.2) is 0 Å². The fourth-order valence-electron chi connectivity index (χ4n) is 3.25. The first-order chi connectivity index (χ1) is 9.59. The lowest BCUT2D eigenvalue weighted by Crippen LogP contribution is -2.50. The molecule has 0 aromatic heterocycles. The van der Waals surface area contributed by atoms with Gasteiger partial charge in [-0.15, -0.1) is 0 Å². The molecule has 0 spiro atoms. The zero-order valence-electron chi connectivity index (χ0n) is 12.6. The summed E-state index contributed by atoms with van der Waals surface area (Å²) >= 11 is 0. The molecule has 2 rings (SSSR count). The van der Waals surface area contributed by atoms with Gasteiger partial charge in [0.25, 0.3) is 0 Å². The van der Waals surface area contributed by atoms with Crippen LogP contribution in [0.5, 0.6) is 0 Å². The van der Waals surface area contributed by atoms with Gasteiger partial charge in [-0.2, -0.15) is 0 Å². The Morgan fingerprint density at radius 3 is 2.60 bits per heavy atom. The van der Waals surface area contributed by atoms with Crippen LogP contribution in [0.15, 0.2) is 30.3 Å². The van der Waals surface area contributed by atoms with Gasteiger partial charge in [-0.05, 0) is 30.7 Å². The summed E-state index contributed by atoms with van der Waals surface area (Å²) < 4.78 is 0. The van der Waals surface area contributed by atoms with Crippen LogP contribution in [0.2, 0.25) is 0 Å². The van der Waals surface area contributed by atoms with E-state index in [1.54, 1.807) is 0 Å². The highest BCUT2D eigenvalue weighted by atomic mass is 16.2. The molecule has 110 valence electrons. The summed E-state index contributed by atoms with van der Waals surface area (Å²) in [7, 11) is 1.92. The third-order valence-electron chi connectivity index (χ3n) is 4.53. The molecule has 0 radical (unpaired) electrons. The Hall–Kier alpha value is -1.35. The molecule has 20 heavy (non-hydrogen) atoms. The first-order valence-corrected chi connectivity index (χ1v) is 7.65. The molecule has 1 aromatic carbocycles. The Bertz CT molecular complexity index is 432. The number of benzene rings is 1. The SMILES string of the molecule is CC1CCCCC1N(C)C(=O)C(N)Cc1ccccc1. The van der Waals surface area contributed by atoms with E-state index in [1.807, 2.05) is 42.3 Å². The van der Waals surface area contributed by atoms with E-state index in [2.05, 4.69) is 6.92 Å². The van der Waals surface area contributed by atoms with Crippen molar-refractivity contribution in [1.29, 1.82) is 0 Å². The number of hydrogen-bond donors (Lipinski definition) is 1. The molecule has 1 amide bonds. The maximum absolute atomic E-state index is 12.5. The van der Waals surface area contributed by atoms with Crippen LogP contribution in [0.1, 0.15) is 38.2 Å². The first kappa shape index (κ1) is 15.0. The zero-order valence-corrected chi connectivity index (χ0v) is 12.6. The number of carbonyl (C=O) groups excluding carboxylic acids is 1. The van der Waals surface area contributed by atoms with Crippen LogP contribution in [-0.4, -0.2) is 29.9 Å². The standard InChI is InChI=1S/C17H26N2O/c1-13-8-6-7-11-16(13)19(2)17(20)15(18)12-14-9-4-3-5-10-14/h3-5,9-10,13,15-16H,6-8,11-12,18H2,1-2H3. The number of amides is 1. The summed E-state index contributed by atoms with van der Waals surface area (Å²) in [5, 5.41) is 0. The summed E-state index contributed by atoms with van der Waals surface area (Å²) in [6.45, 7) is 2.25. The molecular weight excluding hydrogens is 248 g/mol. The van der Waals surface area contributed by atoms with Crippen LogP contribution >= 0.6 is 0 Å². The van der Waals surface area contributed by atoms with Crippen molar-refractivity contribution in [2.75, 3.05) is 7.05 Å². The Morgan fingerprint density at radius 1 is 1.30 bits per heavy atom. The quantitative estimate of drug-likeness (QED) is 0.917. The molecule has 3 heteroatoms. The molecule has 1 aliphatic carbocycles. The van der Waals surface area contributed by atoms with E-state index in [-0.39, 0.29) is 5.91 Å². The van der Waals surface area contributed by atoms with Gasteiger partial charge >= 0.3 is 0 Å². The van der Waals surface area contributed by atoms with Crippen molar-refractivity contribution in [2.24, 2.45) is 11.7 Å². The number of nitrogens with two attached hydrogens (primary N) is 1. The summed E-state index contributed by atoms with van der Waals surface area (Å²) in [5.41, 5.74) is 7.23. The summed E-state index contributed by atoms with van der Waals surface area (Å²) in [6, 6.07) is 9.92. The van der Waals surface area contributed by atoms with E-state index >= 15 is 0 Å². The Labute approximate surface area is 122 Å². The van der Waals surface area contributed by atoms with Gasteiger partial charge in [-0.1, -0.05) is 50.1 Å². The van der Waals surface area contributed by atoms with Crippen LogP contribution in [0.4, 0.5) is 0 Å². The van der Waals surface area contributed by atoms with Gasteiger partial charge in [0.05, 0.1) is 6.04 Å². The number of carbonyl (C=O) groups is 1. The number of hydrogen-bond acceptors (Lipinski definition) is 2. The molecule has 1 saturated carbocycles. The van der Waals surface area contributed by atoms with Crippen molar-refractivity contribution in [2.45, 2.75) is 51.1 Å². The van der Waals surface area contributed by atoms with Crippen molar-refractivity contribution < 1.29 is 4.79 Å². The molecule has 0 aliphatic heterocycles. The van der Waals surface area contributed by atoms with Crippen molar-refractivity contribution >= 4 is 5.91 Å². The predicted molar refractivity (Wildman–Crippen MR) is 82.3 cm³/mol. The van der Waals surface area contributed by atoms with Crippen LogP contribution in [-0.2, 0) is 11.2 Å². The number of nitrogens with zero attached hydrogens (tertiary/aromatic N) is 1. The van der Waals surface area contributed by atoms with E-state index in [0.717, 1.165) is 12.0 Å². The minimum atomic E-state index is -0.434. The lowest BCUT2D eigenvalue weighted by Gasteiger charge is -2.37. The smallest absolute Gasteiger partial charge is 0.239 e. The monoisotopic (exact) mass is 274 g/mol. The molecule has 0 heterocycles. The van der Waals surface area contributed by atoms with E-state index in [0.29, 0.717) is 18.4 Å². The van der Waals surface area contributed by atoms with E-state index in [9.17, 15) is 4.79 Å². The third-order valence-corrected chi connectivity index (χ3v) is 4.53. The fraction of sp³-hybridized carbons (Fsp3) is 0.588. The highest BCUT2D eigenvalue weighted by molar-refractivity contribution is 5.82. The van der Waals surface area contributed by atoms with E-state index < -0.39 is 6.04 Å². The van der Waals surface area contributed by atoms with Gasteiger partial charge in [0.2, 0.25) is 5.91 Å². The average Bonchev–Trinajstić information content (AvgIpc) is 2.47. The van der Waals surface area contributed by atoms with Gasteiger partial charge in [0.15, 0.2) is 0 Å². The topological polar surface area (TPSA) is 46.3 Å². The molecule has 1 fully saturated rings. The lowest BCUT2D eigenvalue weighted by atomic mass is 9.85. The molecule has 1 aliphatic rings. The van der Waals surface area contributed by atoms with Crippen LogP contribution < -0.4 is 5.73 Å². The molecule has 0 bridgehead atoms. The van der Waals surface area contributed by atoms with Crippen LogP contribution in [0, 0.1) is 5.92 Å². The molecule has 0 saturated heterocycles. The predicted octanol–water partition coefficient (Wildman–Crippen LogP) is 2.59. The highest BCUT2D eigenvalue weighted by Gasteiger charge is 2.30. The third kappa shape index (κ3) is 3.60. The maximum atomic E-state index is 12.5. The number of rotatable bonds is 4. The minimum Gasteiger partial charge on any atom is -0.341 e. The summed E-state index contributed by atoms with van der Waals surface area (Å²) in [6.07, 6.45) is 5.46. The van der Waals surface area contributed by atoms with Crippen molar-refractivity contribution in [3.05, 3.63) is 35.9 Å². The molecular formula is C17H26N2O. The Morgan fingerprint density at radius 2 is 1.95 bits per heavy atom. The normalized spacial score (nSPS) is 24.1. The molecule has 1 aromatic rings. The molecule has 3 atom stereocenters. The number of likely N-dealkylation sites (N-methyl/N-ethyl adjacent to an activating group) is 1.